The Balaban J connectivity index is 1.61. The first-order chi connectivity index (χ1) is 10.2. The first kappa shape index (κ1) is 14.8. The highest BCUT2D eigenvalue weighted by molar-refractivity contribution is 9.10. The lowest BCUT2D eigenvalue weighted by Gasteiger charge is -2.10. The van der Waals surface area contributed by atoms with Crippen LogP contribution in [0.3, 0.4) is 0 Å². The average Bonchev–Trinajstić information content (AvgIpc) is 3.30. The van der Waals surface area contributed by atoms with E-state index in [0.29, 0.717) is 23.6 Å². The number of aromatic nitrogens is 1. The summed E-state index contributed by atoms with van der Waals surface area (Å²) in [4.78, 5) is 4.31. The van der Waals surface area contributed by atoms with Crippen LogP contribution in [-0.2, 0) is 13.2 Å². The minimum absolute atomic E-state index is 0.438. The van der Waals surface area contributed by atoms with Gasteiger partial charge in [-0.2, -0.15) is 0 Å². The van der Waals surface area contributed by atoms with Crippen LogP contribution in [0, 0.1) is 0 Å². The quantitative estimate of drug-likeness (QED) is 0.825. The van der Waals surface area contributed by atoms with Crippen molar-refractivity contribution < 1.29 is 4.74 Å². The molecule has 0 atom stereocenters. The van der Waals surface area contributed by atoms with Crippen LogP contribution in [0.5, 0.6) is 5.88 Å². The van der Waals surface area contributed by atoms with Gasteiger partial charge in [0.05, 0.1) is 0 Å². The third-order valence-electron chi connectivity index (χ3n) is 3.36. The Morgan fingerprint density at radius 3 is 2.86 bits per heavy atom. The summed E-state index contributed by atoms with van der Waals surface area (Å²) in [7, 11) is 0. The fourth-order valence-electron chi connectivity index (χ4n) is 1.98. The van der Waals surface area contributed by atoms with E-state index in [1.54, 1.807) is 0 Å². The smallest absolute Gasteiger partial charge is 0.232 e. The van der Waals surface area contributed by atoms with Crippen molar-refractivity contribution in [2.45, 2.75) is 32.0 Å². The van der Waals surface area contributed by atoms with Crippen LogP contribution < -0.4 is 10.1 Å². The Morgan fingerprint density at radius 2 is 2.14 bits per heavy atom. The highest BCUT2D eigenvalue weighted by atomic mass is 79.9. The van der Waals surface area contributed by atoms with E-state index in [1.165, 1.54) is 12.8 Å². The van der Waals surface area contributed by atoms with Crippen molar-refractivity contribution in [1.82, 2.24) is 10.3 Å². The molecule has 0 unspecified atom stereocenters. The molecule has 1 aliphatic carbocycles. The van der Waals surface area contributed by atoms with Gasteiger partial charge in [-0.25, -0.2) is 4.98 Å². The maximum Gasteiger partial charge on any atom is 0.232 e. The maximum atomic E-state index is 6.24. The minimum Gasteiger partial charge on any atom is -0.472 e. The zero-order valence-electron chi connectivity index (χ0n) is 11.5. The number of pyridine rings is 1. The Kier molecular flexibility index (Phi) is 4.78. The highest BCUT2D eigenvalue weighted by Crippen LogP contribution is 2.25. The molecule has 1 saturated carbocycles. The molecule has 3 nitrogen and oxygen atoms in total. The lowest BCUT2D eigenvalue weighted by Crippen LogP contribution is -2.15. The van der Waals surface area contributed by atoms with Gasteiger partial charge in [0.25, 0.3) is 0 Å². The third-order valence-corrected chi connectivity index (χ3v) is 4.40. The summed E-state index contributed by atoms with van der Waals surface area (Å²) in [5.41, 5.74) is 2.15. The molecular formula is C16H16BrClN2O. The van der Waals surface area contributed by atoms with Crippen molar-refractivity contribution in [2.24, 2.45) is 0 Å². The van der Waals surface area contributed by atoms with Crippen LogP contribution in [0.1, 0.15) is 24.0 Å². The summed E-state index contributed by atoms with van der Waals surface area (Å²) in [6.45, 7) is 1.25. The summed E-state index contributed by atoms with van der Waals surface area (Å²) in [5.74, 6) is 0.475. The summed E-state index contributed by atoms with van der Waals surface area (Å²) >= 11 is 9.74. The molecule has 0 amide bonds. The van der Waals surface area contributed by atoms with E-state index in [0.717, 1.165) is 22.1 Å². The van der Waals surface area contributed by atoms with Gasteiger partial charge < -0.3 is 10.1 Å². The summed E-state index contributed by atoms with van der Waals surface area (Å²) < 4.78 is 6.72. The van der Waals surface area contributed by atoms with Gasteiger partial charge in [0.1, 0.15) is 11.6 Å². The standard InChI is InChI=1S/C16H16BrClN2O/c17-14-4-2-1-3-12(14)10-21-16-15(18)7-11(9-20-16)8-19-13-5-6-13/h1-4,7,9,13,19H,5-6,8,10H2. The van der Waals surface area contributed by atoms with Crippen LogP contribution in [-0.4, -0.2) is 11.0 Å². The Morgan fingerprint density at radius 1 is 1.33 bits per heavy atom. The van der Waals surface area contributed by atoms with Gasteiger partial charge in [-0.3, -0.25) is 0 Å². The molecule has 0 radical (unpaired) electrons. The molecule has 2 aromatic rings. The number of rotatable bonds is 6. The topological polar surface area (TPSA) is 34.2 Å². The fourth-order valence-corrected chi connectivity index (χ4v) is 2.62. The molecule has 1 fully saturated rings. The minimum atomic E-state index is 0.438. The number of hydrogen-bond acceptors (Lipinski definition) is 3. The predicted octanol–water partition coefficient (Wildman–Crippen LogP) is 4.33. The molecule has 5 heteroatoms. The molecule has 3 rings (SSSR count). The molecule has 0 saturated heterocycles. The number of nitrogens with zero attached hydrogens (tertiary/aromatic N) is 1. The largest absolute Gasteiger partial charge is 0.472 e. The van der Waals surface area contributed by atoms with Crippen LogP contribution in [0.25, 0.3) is 0 Å². The molecule has 1 aromatic heterocycles. The van der Waals surface area contributed by atoms with E-state index in [1.807, 2.05) is 36.5 Å². The second kappa shape index (κ2) is 6.77. The van der Waals surface area contributed by atoms with Gasteiger partial charge in [0.15, 0.2) is 0 Å². The number of halogens is 2. The Bertz CT molecular complexity index is 631. The number of ether oxygens (including phenoxy) is 1. The molecule has 0 aliphatic heterocycles. The average molecular weight is 368 g/mol. The molecule has 1 heterocycles. The van der Waals surface area contributed by atoms with Crippen LogP contribution >= 0.6 is 27.5 Å². The van der Waals surface area contributed by atoms with E-state index in [4.69, 9.17) is 16.3 Å². The zero-order valence-corrected chi connectivity index (χ0v) is 13.8. The van der Waals surface area contributed by atoms with Gasteiger partial charge >= 0.3 is 0 Å². The summed E-state index contributed by atoms with van der Waals surface area (Å²) in [6, 6.07) is 10.5. The third kappa shape index (κ3) is 4.19. The fraction of sp³-hybridized carbons (Fsp3) is 0.312. The Hall–Kier alpha value is -1.10. The Labute approximate surface area is 137 Å². The van der Waals surface area contributed by atoms with Crippen molar-refractivity contribution in [1.29, 1.82) is 0 Å². The van der Waals surface area contributed by atoms with Crippen molar-refractivity contribution in [3.8, 4) is 5.88 Å². The van der Waals surface area contributed by atoms with Gasteiger partial charge in [-0.05, 0) is 30.5 Å². The number of benzene rings is 1. The molecule has 0 spiro atoms. The van der Waals surface area contributed by atoms with E-state index in [-0.39, 0.29) is 0 Å². The van der Waals surface area contributed by atoms with Crippen molar-refractivity contribution >= 4 is 27.5 Å². The molecule has 0 bridgehead atoms. The van der Waals surface area contributed by atoms with E-state index < -0.39 is 0 Å². The number of nitrogens with one attached hydrogen (secondary N) is 1. The van der Waals surface area contributed by atoms with Gasteiger partial charge in [-0.1, -0.05) is 45.7 Å². The lowest BCUT2D eigenvalue weighted by atomic mass is 10.2. The lowest BCUT2D eigenvalue weighted by molar-refractivity contribution is 0.293. The second-order valence-corrected chi connectivity index (χ2v) is 6.43. The molecule has 21 heavy (non-hydrogen) atoms. The maximum absolute atomic E-state index is 6.24. The first-order valence-electron chi connectivity index (χ1n) is 6.96. The van der Waals surface area contributed by atoms with Crippen molar-refractivity contribution in [3.05, 3.63) is 57.2 Å². The molecule has 1 N–H and O–H groups in total. The predicted molar refractivity (Wildman–Crippen MR) is 87.6 cm³/mol. The first-order valence-corrected chi connectivity index (χ1v) is 8.13. The van der Waals surface area contributed by atoms with Crippen molar-refractivity contribution in [3.63, 3.8) is 0 Å². The highest BCUT2D eigenvalue weighted by Gasteiger charge is 2.20. The monoisotopic (exact) mass is 366 g/mol. The van der Waals surface area contributed by atoms with Crippen LogP contribution in [0.4, 0.5) is 0 Å². The van der Waals surface area contributed by atoms with Crippen LogP contribution in [0.15, 0.2) is 41.0 Å². The van der Waals surface area contributed by atoms with Crippen LogP contribution in [0.2, 0.25) is 5.02 Å². The summed E-state index contributed by atoms with van der Waals surface area (Å²) in [5, 5.41) is 3.99. The van der Waals surface area contributed by atoms with E-state index >= 15 is 0 Å². The van der Waals surface area contributed by atoms with E-state index in [9.17, 15) is 0 Å². The molecule has 1 aliphatic rings. The molecular weight excluding hydrogens is 352 g/mol. The van der Waals surface area contributed by atoms with Gasteiger partial charge in [0.2, 0.25) is 5.88 Å². The van der Waals surface area contributed by atoms with Crippen molar-refractivity contribution in [2.75, 3.05) is 0 Å². The second-order valence-electron chi connectivity index (χ2n) is 5.17. The van der Waals surface area contributed by atoms with Gasteiger partial charge in [0, 0.05) is 28.8 Å². The number of hydrogen-bond donors (Lipinski definition) is 1. The zero-order chi connectivity index (χ0) is 14.7. The summed E-state index contributed by atoms with van der Waals surface area (Å²) in [6.07, 6.45) is 4.36. The molecule has 110 valence electrons. The normalized spacial score (nSPS) is 14.2. The van der Waals surface area contributed by atoms with E-state index in [2.05, 4.69) is 26.2 Å². The molecule has 1 aromatic carbocycles. The van der Waals surface area contributed by atoms with Gasteiger partial charge in [-0.15, -0.1) is 0 Å². The SMILES string of the molecule is Clc1cc(CNC2CC2)cnc1OCc1ccccc1Br.